The van der Waals surface area contributed by atoms with Crippen molar-refractivity contribution >= 4 is 23.1 Å². The Morgan fingerprint density at radius 1 is 1.28 bits per heavy atom. The molecule has 0 aromatic carbocycles. The zero-order valence-electron chi connectivity index (χ0n) is 10.8. The molecule has 2 heterocycles. The summed E-state index contributed by atoms with van der Waals surface area (Å²) in [6.45, 7) is 9.08. The van der Waals surface area contributed by atoms with Gasteiger partial charge in [-0.15, -0.1) is 5.10 Å². The monoisotopic (exact) mass is 290 g/mol. The first-order chi connectivity index (χ1) is 8.44. The Morgan fingerprint density at radius 2 is 1.89 bits per heavy atom. The first-order valence-corrected chi connectivity index (χ1v) is 7.23. The molecule has 102 valence electrons. The van der Waals surface area contributed by atoms with Crippen LogP contribution in [0.15, 0.2) is 0 Å². The summed E-state index contributed by atoms with van der Waals surface area (Å²) < 4.78 is 4.53. The zero-order valence-corrected chi connectivity index (χ0v) is 12.3. The topological polar surface area (TPSA) is 52.5 Å². The highest BCUT2D eigenvalue weighted by molar-refractivity contribution is 7.10. The van der Waals surface area contributed by atoms with Gasteiger partial charge >= 0.3 is 0 Å². The minimum absolute atomic E-state index is 0.621. The molecule has 0 amide bonds. The Bertz CT molecular complexity index is 385. The summed E-state index contributed by atoms with van der Waals surface area (Å²) in [7, 11) is 0. The van der Waals surface area contributed by atoms with Crippen LogP contribution >= 0.6 is 23.1 Å². The highest BCUT2D eigenvalue weighted by atomic mass is 35.5. The summed E-state index contributed by atoms with van der Waals surface area (Å²) in [5, 5.41) is 13.8. The fourth-order valence-electron chi connectivity index (χ4n) is 2.16. The molecular formula is C11H19ClN4OS. The number of hydrogen-bond acceptors (Lipinski definition) is 6. The van der Waals surface area contributed by atoms with E-state index in [-0.39, 0.29) is 0 Å². The van der Waals surface area contributed by atoms with Gasteiger partial charge < -0.3 is 5.11 Å². The molecule has 1 saturated heterocycles. The van der Waals surface area contributed by atoms with Crippen molar-refractivity contribution in [2.24, 2.45) is 0 Å². The maximum absolute atomic E-state index is 9.79. The van der Waals surface area contributed by atoms with E-state index in [2.05, 4.69) is 19.4 Å². The van der Waals surface area contributed by atoms with Gasteiger partial charge in [-0.05, 0) is 13.8 Å². The molecule has 0 aliphatic carbocycles. The average Bonchev–Trinajstić information content (AvgIpc) is 2.65. The van der Waals surface area contributed by atoms with Crippen LogP contribution < -0.4 is 0 Å². The third kappa shape index (κ3) is 4.13. The van der Waals surface area contributed by atoms with Crippen molar-refractivity contribution in [2.45, 2.75) is 26.0 Å². The van der Waals surface area contributed by atoms with Gasteiger partial charge in [0.05, 0.1) is 5.60 Å². The van der Waals surface area contributed by atoms with E-state index < -0.39 is 5.60 Å². The lowest BCUT2D eigenvalue weighted by Crippen LogP contribution is -2.50. The first-order valence-electron chi connectivity index (χ1n) is 6.08. The number of piperazine rings is 1. The van der Waals surface area contributed by atoms with E-state index >= 15 is 0 Å². The molecule has 5 nitrogen and oxygen atoms in total. The number of nitrogens with zero attached hydrogens (tertiary/aromatic N) is 4. The highest BCUT2D eigenvalue weighted by Gasteiger charge is 2.23. The fraction of sp³-hybridized carbons (Fsp3) is 0.818. The molecule has 1 aliphatic heterocycles. The average molecular weight is 291 g/mol. The normalized spacial score (nSPS) is 19.3. The van der Waals surface area contributed by atoms with Crippen LogP contribution in [0.1, 0.15) is 19.5 Å². The molecule has 1 fully saturated rings. The summed E-state index contributed by atoms with van der Waals surface area (Å²) in [5.74, 6) is 0. The molecule has 1 aliphatic rings. The van der Waals surface area contributed by atoms with Crippen LogP contribution in [0.25, 0.3) is 0 Å². The largest absolute Gasteiger partial charge is 0.389 e. The second kappa shape index (κ2) is 5.79. The summed E-state index contributed by atoms with van der Waals surface area (Å²) in [6, 6.07) is 0. The van der Waals surface area contributed by atoms with Crippen LogP contribution in [0.2, 0.25) is 4.34 Å². The van der Waals surface area contributed by atoms with Crippen molar-refractivity contribution in [1.82, 2.24) is 19.4 Å². The SMILES string of the molecule is CC(C)(O)CN1CCN(Cc2nnsc2Cl)CC1. The number of aromatic nitrogens is 2. The summed E-state index contributed by atoms with van der Waals surface area (Å²) in [4.78, 5) is 4.61. The van der Waals surface area contributed by atoms with E-state index in [1.54, 1.807) is 0 Å². The molecule has 0 spiro atoms. The maximum Gasteiger partial charge on any atom is 0.138 e. The van der Waals surface area contributed by atoms with Crippen molar-refractivity contribution in [3.8, 4) is 0 Å². The molecule has 7 heteroatoms. The molecular weight excluding hydrogens is 272 g/mol. The summed E-state index contributed by atoms with van der Waals surface area (Å²) in [6.07, 6.45) is 0. The van der Waals surface area contributed by atoms with Gasteiger partial charge in [0.1, 0.15) is 10.0 Å². The van der Waals surface area contributed by atoms with Gasteiger partial charge in [0, 0.05) is 50.8 Å². The van der Waals surface area contributed by atoms with Crippen molar-refractivity contribution in [2.75, 3.05) is 32.7 Å². The lowest BCUT2D eigenvalue weighted by molar-refractivity contribution is 0.0165. The molecule has 0 unspecified atom stereocenters. The number of rotatable bonds is 4. The Balaban J connectivity index is 1.79. The van der Waals surface area contributed by atoms with Gasteiger partial charge in [0.2, 0.25) is 0 Å². The van der Waals surface area contributed by atoms with Crippen LogP contribution in [0.5, 0.6) is 0 Å². The maximum atomic E-state index is 9.79. The fourth-order valence-corrected chi connectivity index (χ4v) is 2.77. The molecule has 0 bridgehead atoms. The van der Waals surface area contributed by atoms with E-state index in [9.17, 15) is 5.11 Å². The van der Waals surface area contributed by atoms with Crippen LogP contribution in [0.3, 0.4) is 0 Å². The second-order valence-electron chi connectivity index (χ2n) is 5.36. The predicted octanol–water partition coefficient (Wildman–Crippen LogP) is 1.08. The van der Waals surface area contributed by atoms with E-state index in [0.29, 0.717) is 4.34 Å². The summed E-state index contributed by atoms with van der Waals surface area (Å²) >= 11 is 7.23. The van der Waals surface area contributed by atoms with E-state index in [0.717, 1.165) is 45.0 Å². The van der Waals surface area contributed by atoms with E-state index in [1.807, 2.05) is 13.8 Å². The molecule has 0 saturated carbocycles. The minimum atomic E-state index is -0.621. The third-order valence-corrected chi connectivity index (χ3v) is 3.94. The quantitative estimate of drug-likeness (QED) is 0.899. The minimum Gasteiger partial charge on any atom is -0.389 e. The van der Waals surface area contributed by atoms with Crippen molar-refractivity contribution in [3.05, 3.63) is 10.0 Å². The molecule has 2 rings (SSSR count). The van der Waals surface area contributed by atoms with Crippen molar-refractivity contribution in [1.29, 1.82) is 0 Å². The van der Waals surface area contributed by atoms with Gasteiger partial charge in [0.15, 0.2) is 0 Å². The molecule has 0 radical (unpaired) electrons. The van der Waals surface area contributed by atoms with Crippen LogP contribution in [-0.4, -0.2) is 62.8 Å². The predicted molar refractivity (Wildman–Crippen MR) is 72.9 cm³/mol. The third-order valence-electron chi connectivity index (χ3n) is 2.96. The number of halogens is 1. The zero-order chi connectivity index (χ0) is 13.2. The van der Waals surface area contributed by atoms with Crippen LogP contribution in [0.4, 0.5) is 0 Å². The lowest BCUT2D eigenvalue weighted by Gasteiger charge is -2.37. The number of β-amino-alcohol motifs (C(OH)–C–C–N with tert-alkyl or cyclic N) is 1. The van der Waals surface area contributed by atoms with Gasteiger partial charge in [0.25, 0.3) is 0 Å². The van der Waals surface area contributed by atoms with Gasteiger partial charge in [-0.3, -0.25) is 9.80 Å². The van der Waals surface area contributed by atoms with Crippen molar-refractivity contribution < 1.29 is 5.11 Å². The lowest BCUT2D eigenvalue weighted by atomic mass is 10.1. The molecule has 1 aromatic heterocycles. The second-order valence-corrected chi connectivity index (χ2v) is 6.71. The number of aliphatic hydroxyl groups is 1. The van der Waals surface area contributed by atoms with Gasteiger partial charge in [-0.25, -0.2) is 0 Å². The highest BCUT2D eigenvalue weighted by Crippen LogP contribution is 2.19. The molecule has 0 atom stereocenters. The van der Waals surface area contributed by atoms with Crippen LogP contribution in [0, 0.1) is 0 Å². The standard InChI is InChI=1S/C11H19ClN4OS/c1-11(2,17)8-16-5-3-15(4-6-16)7-9-10(12)18-14-13-9/h17H,3-8H2,1-2H3. The Labute approximate surface area is 117 Å². The Hall–Kier alpha value is -0.270. The van der Waals surface area contributed by atoms with E-state index in [4.69, 9.17) is 11.6 Å². The first kappa shape index (κ1) is 14.1. The van der Waals surface area contributed by atoms with Crippen molar-refractivity contribution in [3.63, 3.8) is 0 Å². The molecule has 1 aromatic rings. The molecule has 18 heavy (non-hydrogen) atoms. The summed E-state index contributed by atoms with van der Waals surface area (Å²) in [5.41, 5.74) is 0.252. The molecule has 1 N–H and O–H groups in total. The Kier molecular flexibility index (Phi) is 4.55. The number of hydrogen-bond donors (Lipinski definition) is 1. The van der Waals surface area contributed by atoms with E-state index in [1.165, 1.54) is 11.5 Å². The smallest absolute Gasteiger partial charge is 0.138 e. The van der Waals surface area contributed by atoms with Crippen LogP contribution in [-0.2, 0) is 6.54 Å². The van der Waals surface area contributed by atoms with Gasteiger partial charge in [-0.1, -0.05) is 16.1 Å². The van der Waals surface area contributed by atoms with Gasteiger partial charge in [-0.2, -0.15) is 0 Å². The Morgan fingerprint density at radius 3 is 2.39 bits per heavy atom.